The van der Waals surface area contributed by atoms with Crippen molar-refractivity contribution in [2.75, 3.05) is 19.6 Å². The molecule has 0 heterocycles. The summed E-state index contributed by atoms with van der Waals surface area (Å²) in [6.07, 6.45) is 1.20. The zero-order valence-electron chi connectivity index (χ0n) is 12.0. The molecule has 0 aromatic rings. The topological polar surface area (TPSA) is 75.4 Å². The molecule has 2 atom stereocenters. The zero-order valence-corrected chi connectivity index (χ0v) is 12.0. The van der Waals surface area contributed by atoms with Gasteiger partial charge in [-0.1, -0.05) is 20.3 Å². The van der Waals surface area contributed by atoms with Gasteiger partial charge in [0, 0.05) is 26.1 Å². The molecule has 18 heavy (non-hydrogen) atoms. The molecule has 2 amide bonds. The van der Waals surface area contributed by atoms with Crippen molar-refractivity contribution >= 4 is 11.8 Å². The minimum Gasteiger partial charge on any atom is -0.354 e. The largest absolute Gasteiger partial charge is 0.354 e. The van der Waals surface area contributed by atoms with Crippen LogP contribution in [0, 0.1) is 5.92 Å². The van der Waals surface area contributed by atoms with Gasteiger partial charge in [0.15, 0.2) is 0 Å². The summed E-state index contributed by atoms with van der Waals surface area (Å²) in [7, 11) is 0. The lowest BCUT2D eigenvalue weighted by Gasteiger charge is -2.20. The predicted octanol–water partition coefficient (Wildman–Crippen LogP) is 0.735. The van der Waals surface area contributed by atoms with Gasteiger partial charge in [-0.25, -0.2) is 0 Å². The van der Waals surface area contributed by atoms with Gasteiger partial charge in [0.2, 0.25) is 11.8 Å². The minimum absolute atomic E-state index is 0.0670. The van der Waals surface area contributed by atoms with Crippen LogP contribution in [0.4, 0.5) is 0 Å². The number of carbonyl (C=O) groups excluding carboxylic acids is 2. The van der Waals surface area contributed by atoms with Crippen LogP contribution in [0.15, 0.2) is 0 Å². The molecule has 5 nitrogen and oxygen atoms in total. The first-order valence-electron chi connectivity index (χ1n) is 6.78. The molecule has 0 unspecified atom stereocenters. The monoisotopic (exact) mass is 257 g/mol. The SMILES string of the molecule is CC[C@H](C)[C@H](N)C(=O)NCCC(=O)N(CC)CC. The number of hydrogen-bond acceptors (Lipinski definition) is 3. The van der Waals surface area contributed by atoms with Crippen LogP contribution in [-0.2, 0) is 9.59 Å². The maximum atomic E-state index is 11.7. The molecular weight excluding hydrogens is 230 g/mol. The molecule has 0 rings (SSSR count). The van der Waals surface area contributed by atoms with E-state index in [1.54, 1.807) is 4.90 Å². The molecule has 0 spiro atoms. The number of rotatable bonds is 8. The average Bonchev–Trinajstić information content (AvgIpc) is 2.38. The second-order valence-corrected chi connectivity index (χ2v) is 4.52. The Hall–Kier alpha value is -1.10. The van der Waals surface area contributed by atoms with E-state index in [9.17, 15) is 9.59 Å². The van der Waals surface area contributed by atoms with Crippen molar-refractivity contribution in [3.63, 3.8) is 0 Å². The molecular formula is C13H27N3O2. The van der Waals surface area contributed by atoms with Gasteiger partial charge < -0.3 is 16.0 Å². The molecule has 0 aromatic heterocycles. The molecule has 0 saturated carbocycles. The third-order valence-corrected chi connectivity index (χ3v) is 3.31. The van der Waals surface area contributed by atoms with E-state index in [1.165, 1.54) is 0 Å². The van der Waals surface area contributed by atoms with Crippen molar-refractivity contribution in [1.29, 1.82) is 0 Å². The highest BCUT2D eigenvalue weighted by atomic mass is 16.2. The molecule has 0 aromatic carbocycles. The van der Waals surface area contributed by atoms with Gasteiger partial charge in [-0.15, -0.1) is 0 Å². The van der Waals surface area contributed by atoms with E-state index in [1.807, 2.05) is 27.7 Å². The van der Waals surface area contributed by atoms with Gasteiger partial charge in [-0.2, -0.15) is 0 Å². The number of nitrogens with zero attached hydrogens (tertiary/aromatic N) is 1. The van der Waals surface area contributed by atoms with E-state index >= 15 is 0 Å². The molecule has 0 bridgehead atoms. The second kappa shape index (κ2) is 8.91. The lowest BCUT2D eigenvalue weighted by atomic mass is 9.99. The highest BCUT2D eigenvalue weighted by molar-refractivity contribution is 5.82. The first-order chi connectivity index (χ1) is 8.47. The van der Waals surface area contributed by atoms with Crippen LogP contribution in [0.1, 0.15) is 40.5 Å². The quantitative estimate of drug-likeness (QED) is 0.673. The molecule has 0 saturated heterocycles. The molecule has 0 aliphatic heterocycles. The Labute approximate surface area is 110 Å². The third-order valence-electron chi connectivity index (χ3n) is 3.31. The maximum absolute atomic E-state index is 11.7. The highest BCUT2D eigenvalue weighted by Gasteiger charge is 2.19. The Morgan fingerprint density at radius 1 is 1.22 bits per heavy atom. The standard InChI is InChI=1S/C13H27N3O2/c1-5-10(4)12(14)13(18)15-9-8-11(17)16(6-2)7-3/h10,12H,5-9,14H2,1-4H3,(H,15,18)/t10-,12-/m0/s1. The summed E-state index contributed by atoms with van der Waals surface area (Å²) in [5.74, 6) is 0.0533. The Balaban J connectivity index is 3.97. The van der Waals surface area contributed by atoms with E-state index in [0.717, 1.165) is 6.42 Å². The number of carbonyl (C=O) groups is 2. The van der Waals surface area contributed by atoms with E-state index in [0.29, 0.717) is 26.1 Å². The van der Waals surface area contributed by atoms with Crippen molar-refractivity contribution < 1.29 is 9.59 Å². The summed E-state index contributed by atoms with van der Waals surface area (Å²) in [4.78, 5) is 25.1. The Bertz CT molecular complexity index is 265. The number of nitrogens with one attached hydrogen (secondary N) is 1. The first-order valence-corrected chi connectivity index (χ1v) is 6.78. The lowest BCUT2D eigenvalue weighted by Crippen LogP contribution is -2.45. The summed E-state index contributed by atoms with van der Waals surface area (Å²) < 4.78 is 0. The molecule has 0 radical (unpaired) electrons. The molecule has 3 N–H and O–H groups in total. The maximum Gasteiger partial charge on any atom is 0.237 e. The van der Waals surface area contributed by atoms with Crippen LogP contribution in [0.3, 0.4) is 0 Å². The predicted molar refractivity (Wildman–Crippen MR) is 73.0 cm³/mol. The lowest BCUT2D eigenvalue weighted by molar-refractivity contribution is -0.130. The van der Waals surface area contributed by atoms with E-state index < -0.39 is 6.04 Å². The normalized spacial score (nSPS) is 13.8. The molecule has 0 aliphatic rings. The summed E-state index contributed by atoms with van der Waals surface area (Å²) in [5, 5.41) is 2.72. The van der Waals surface area contributed by atoms with Gasteiger partial charge in [0.1, 0.15) is 0 Å². The van der Waals surface area contributed by atoms with Gasteiger partial charge in [-0.3, -0.25) is 9.59 Å². The zero-order chi connectivity index (χ0) is 14.1. The highest BCUT2D eigenvalue weighted by Crippen LogP contribution is 2.04. The first kappa shape index (κ1) is 16.9. The van der Waals surface area contributed by atoms with Gasteiger partial charge in [0.25, 0.3) is 0 Å². The van der Waals surface area contributed by atoms with Gasteiger partial charge in [0.05, 0.1) is 6.04 Å². The van der Waals surface area contributed by atoms with Crippen molar-refractivity contribution in [2.45, 2.75) is 46.6 Å². The van der Waals surface area contributed by atoms with Crippen LogP contribution in [0.2, 0.25) is 0 Å². The molecule has 5 heteroatoms. The Morgan fingerprint density at radius 3 is 2.22 bits per heavy atom. The van der Waals surface area contributed by atoms with Crippen molar-refractivity contribution in [3.8, 4) is 0 Å². The Kier molecular flexibility index (Phi) is 8.37. The van der Waals surface area contributed by atoms with Crippen LogP contribution in [0.25, 0.3) is 0 Å². The van der Waals surface area contributed by atoms with Crippen molar-refractivity contribution in [3.05, 3.63) is 0 Å². The summed E-state index contributed by atoms with van der Waals surface area (Å²) in [6, 6.07) is -0.487. The summed E-state index contributed by atoms with van der Waals surface area (Å²) in [6.45, 7) is 9.61. The van der Waals surface area contributed by atoms with E-state index in [4.69, 9.17) is 5.73 Å². The van der Waals surface area contributed by atoms with Gasteiger partial charge >= 0.3 is 0 Å². The third kappa shape index (κ3) is 5.49. The summed E-state index contributed by atoms with van der Waals surface area (Å²) in [5.41, 5.74) is 5.79. The fourth-order valence-corrected chi connectivity index (χ4v) is 1.66. The molecule has 0 fully saturated rings. The number of hydrogen-bond donors (Lipinski definition) is 2. The van der Waals surface area contributed by atoms with E-state index in [-0.39, 0.29) is 17.7 Å². The fraction of sp³-hybridized carbons (Fsp3) is 0.846. The summed E-state index contributed by atoms with van der Waals surface area (Å²) >= 11 is 0. The van der Waals surface area contributed by atoms with Crippen LogP contribution < -0.4 is 11.1 Å². The second-order valence-electron chi connectivity index (χ2n) is 4.52. The number of nitrogens with two attached hydrogens (primary N) is 1. The van der Waals surface area contributed by atoms with Crippen LogP contribution >= 0.6 is 0 Å². The smallest absolute Gasteiger partial charge is 0.237 e. The van der Waals surface area contributed by atoms with Gasteiger partial charge in [-0.05, 0) is 19.8 Å². The van der Waals surface area contributed by atoms with Crippen molar-refractivity contribution in [2.24, 2.45) is 11.7 Å². The van der Waals surface area contributed by atoms with Crippen LogP contribution in [-0.4, -0.2) is 42.4 Å². The average molecular weight is 257 g/mol. The van der Waals surface area contributed by atoms with E-state index in [2.05, 4.69) is 5.32 Å². The fourth-order valence-electron chi connectivity index (χ4n) is 1.66. The minimum atomic E-state index is -0.487. The Morgan fingerprint density at radius 2 is 1.78 bits per heavy atom. The van der Waals surface area contributed by atoms with Crippen molar-refractivity contribution in [1.82, 2.24) is 10.2 Å². The number of amides is 2. The van der Waals surface area contributed by atoms with Crippen LogP contribution in [0.5, 0.6) is 0 Å². The molecule has 0 aliphatic carbocycles. The molecule has 106 valence electrons.